The van der Waals surface area contributed by atoms with Crippen LogP contribution in [-0.4, -0.2) is 30.3 Å². The van der Waals surface area contributed by atoms with Gasteiger partial charge in [-0.3, -0.25) is 0 Å². The van der Waals surface area contributed by atoms with Crippen molar-refractivity contribution in [3.63, 3.8) is 0 Å². The molecule has 1 atom stereocenters. The Morgan fingerprint density at radius 2 is 2.00 bits per heavy atom. The Bertz CT molecular complexity index is 448. The lowest BCUT2D eigenvalue weighted by molar-refractivity contribution is 0.0315. The second kappa shape index (κ2) is 6.16. The van der Waals surface area contributed by atoms with Gasteiger partial charge in [0.15, 0.2) is 0 Å². The largest absolute Gasteiger partial charge is 0.373 e. The summed E-state index contributed by atoms with van der Waals surface area (Å²) in [5, 5.41) is 7.41. The van der Waals surface area contributed by atoms with E-state index in [0.29, 0.717) is 28.2 Å². The van der Waals surface area contributed by atoms with E-state index < -0.39 is 0 Å². The van der Waals surface area contributed by atoms with E-state index in [9.17, 15) is 0 Å². The lowest BCUT2D eigenvalue weighted by Crippen LogP contribution is -2.32. The molecule has 2 rings (SSSR count). The summed E-state index contributed by atoms with van der Waals surface area (Å²) < 4.78 is 5.73. The fourth-order valence-corrected chi connectivity index (χ4v) is 2.62. The molecule has 0 aromatic carbocycles. The van der Waals surface area contributed by atoms with Gasteiger partial charge in [0.2, 0.25) is 0 Å². The smallest absolute Gasteiger partial charge is 0.147 e. The molecule has 1 saturated heterocycles. The number of hydrogen-bond acceptors (Lipinski definition) is 4. The number of rotatable bonds is 5. The van der Waals surface area contributed by atoms with E-state index in [1.165, 1.54) is 0 Å². The van der Waals surface area contributed by atoms with Crippen LogP contribution in [0.1, 0.15) is 26.7 Å². The van der Waals surface area contributed by atoms with Crippen LogP contribution in [0.3, 0.4) is 0 Å². The van der Waals surface area contributed by atoms with Crippen molar-refractivity contribution in [3.8, 4) is 0 Å². The lowest BCUT2D eigenvalue weighted by Gasteiger charge is -2.24. The van der Waals surface area contributed by atoms with E-state index in [0.717, 1.165) is 26.0 Å². The molecule has 0 spiro atoms. The standard InChI is InChI=1S/C13H19Cl2N3O/c1-3-16-11-9(14)7-10(15)12(18-11)17-8-13(2)5-4-6-19-13/h7H,3-6,8H2,1-2H3,(H2,16,17,18). The van der Waals surface area contributed by atoms with Crippen molar-refractivity contribution in [1.29, 1.82) is 0 Å². The van der Waals surface area contributed by atoms with E-state index >= 15 is 0 Å². The van der Waals surface area contributed by atoms with Crippen LogP contribution in [0.5, 0.6) is 0 Å². The number of hydrogen-bond donors (Lipinski definition) is 2. The lowest BCUT2D eigenvalue weighted by atomic mass is 10.0. The minimum atomic E-state index is -0.136. The Morgan fingerprint density at radius 3 is 2.58 bits per heavy atom. The fourth-order valence-electron chi connectivity index (χ4n) is 2.13. The van der Waals surface area contributed by atoms with Gasteiger partial charge in [-0.15, -0.1) is 0 Å². The predicted octanol–water partition coefficient (Wildman–Crippen LogP) is 3.80. The molecule has 2 N–H and O–H groups in total. The second-order valence-electron chi connectivity index (χ2n) is 4.94. The van der Waals surface area contributed by atoms with Gasteiger partial charge in [0.05, 0.1) is 15.6 Å². The zero-order valence-corrected chi connectivity index (χ0v) is 12.7. The van der Waals surface area contributed by atoms with Gasteiger partial charge < -0.3 is 15.4 Å². The zero-order valence-electron chi connectivity index (χ0n) is 11.2. The molecule has 1 unspecified atom stereocenters. The quantitative estimate of drug-likeness (QED) is 0.868. The van der Waals surface area contributed by atoms with Gasteiger partial charge in [0, 0.05) is 19.7 Å². The van der Waals surface area contributed by atoms with Crippen molar-refractivity contribution < 1.29 is 4.74 Å². The summed E-state index contributed by atoms with van der Waals surface area (Å²) in [6, 6.07) is 1.70. The molecular weight excluding hydrogens is 285 g/mol. The molecule has 0 saturated carbocycles. The van der Waals surface area contributed by atoms with Crippen molar-refractivity contribution in [2.75, 3.05) is 30.3 Å². The number of ether oxygens (including phenoxy) is 1. The first kappa shape index (κ1) is 14.7. The maximum absolute atomic E-state index is 6.15. The van der Waals surface area contributed by atoms with Gasteiger partial charge in [-0.1, -0.05) is 23.2 Å². The summed E-state index contributed by atoms with van der Waals surface area (Å²) in [6.07, 6.45) is 2.15. The summed E-state index contributed by atoms with van der Waals surface area (Å²) in [5.74, 6) is 1.28. The third-order valence-electron chi connectivity index (χ3n) is 3.20. The minimum absolute atomic E-state index is 0.136. The Morgan fingerprint density at radius 1 is 1.32 bits per heavy atom. The highest BCUT2D eigenvalue weighted by Gasteiger charge is 2.29. The second-order valence-corrected chi connectivity index (χ2v) is 5.75. The van der Waals surface area contributed by atoms with E-state index in [1.54, 1.807) is 6.07 Å². The Kier molecular flexibility index (Phi) is 4.76. The first-order chi connectivity index (χ1) is 9.04. The van der Waals surface area contributed by atoms with E-state index in [4.69, 9.17) is 27.9 Å². The Labute approximate surface area is 123 Å². The van der Waals surface area contributed by atoms with Crippen LogP contribution in [0.25, 0.3) is 0 Å². The number of nitrogens with zero attached hydrogens (tertiary/aromatic N) is 1. The van der Waals surface area contributed by atoms with Crippen LogP contribution in [0.15, 0.2) is 6.07 Å². The molecule has 106 valence electrons. The summed E-state index contributed by atoms with van der Waals surface area (Å²) in [6.45, 7) is 6.36. The van der Waals surface area contributed by atoms with E-state index in [1.807, 2.05) is 6.92 Å². The summed E-state index contributed by atoms with van der Waals surface area (Å²) >= 11 is 12.2. The van der Waals surface area contributed by atoms with Crippen LogP contribution in [0, 0.1) is 0 Å². The third-order valence-corrected chi connectivity index (χ3v) is 3.78. The van der Waals surface area contributed by atoms with Gasteiger partial charge >= 0.3 is 0 Å². The molecule has 0 aliphatic carbocycles. The number of aromatic nitrogens is 1. The maximum Gasteiger partial charge on any atom is 0.147 e. The number of pyridine rings is 1. The molecule has 1 fully saturated rings. The van der Waals surface area contributed by atoms with Crippen molar-refractivity contribution in [1.82, 2.24) is 4.98 Å². The molecule has 6 heteroatoms. The highest BCUT2D eigenvalue weighted by molar-refractivity contribution is 6.37. The molecule has 0 bridgehead atoms. The molecule has 1 aliphatic heterocycles. The molecular formula is C13H19Cl2N3O. The van der Waals surface area contributed by atoms with Crippen molar-refractivity contribution in [2.45, 2.75) is 32.3 Å². The Hall–Kier alpha value is -0.710. The summed E-state index contributed by atoms with van der Waals surface area (Å²) in [5.41, 5.74) is -0.136. The minimum Gasteiger partial charge on any atom is -0.373 e. The van der Waals surface area contributed by atoms with Crippen molar-refractivity contribution >= 4 is 34.8 Å². The SMILES string of the molecule is CCNc1nc(NCC2(C)CCCO2)c(Cl)cc1Cl. The number of halogens is 2. The topological polar surface area (TPSA) is 46.2 Å². The van der Waals surface area contributed by atoms with Crippen LogP contribution in [-0.2, 0) is 4.74 Å². The van der Waals surface area contributed by atoms with Crippen molar-refractivity contribution in [3.05, 3.63) is 16.1 Å². The van der Waals surface area contributed by atoms with Gasteiger partial charge in [-0.2, -0.15) is 0 Å². The first-order valence-corrected chi connectivity index (χ1v) is 7.27. The van der Waals surface area contributed by atoms with Crippen LogP contribution < -0.4 is 10.6 Å². The average molecular weight is 304 g/mol. The van der Waals surface area contributed by atoms with Gasteiger partial charge in [-0.25, -0.2) is 4.98 Å². The predicted molar refractivity (Wildman–Crippen MR) is 80.5 cm³/mol. The van der Waals surface area contributed by atoms with E-state index in [-0.39, 0.29) is 5.60 Å². The highest BCUT2D eigenvalue weighted by Crippen LogP contribution is 2.31. The molecule has 0 amide bonds. The van der Waals surface area contributed by atoms with Crippen LogP contribution in [0.4, 0.5) is 11.6 Å². The van der Waals surface area contributed by atoms with Gasteiger partial charge in [0.1, 0.15) is 11.6 Å². The third kappa shape index (κ3) is 3.65. The number of anilines is 2. The average Bonchev–Trinajstić information content (AvgIpc) is 2.79. The van der Waals surface area contributed by atoms with Gasteiger partial charge in [0.25, 0.3) is 0 Å². The zero-order chi connectivity index (χ0) is 13.9. The molecule has 19 heavy (non-hydrogen) atoms. The van der Waals surface area contributed by atoms with Crippen molar-refractivity contribution in [2.24, 2.45) is 0 Å². The number of nitrogens with one attached hydrogen (secondary N) is 2. The monoisotopic (exact) mass is 303 g/mol. The Balaban J connectivity index is 2.08. The molecule has 4 nitrogen and oxygen atoms in total. The van der Waals surface area contributed by atoms with E-state index in [2.05, 4.69) is 22.5 Å². The van der Waals surface area contributed by atoms with Gasteiger partial charge in [-0.05, 0) is 32.8 Å². The molecule has 1 aromatic rings. The maximum atomic E-state index is 6.15. The molecule has 0 radical (unpaired) electrons. The molecule has 1 aliphatic rings. The van der Waals surface area contributed by atoms with Crippen LogP contribution in [0.2, 0.25) is 10.0 Å². The summed E-state index contributed by atoms with van der Waals surface area (Å²) in [7, 11) is 0. The highest BCUT2D eigenvalue weighted by atomic mass is 35.5. The first-order valence-electron chi connectivity index (χ1n) is 6.52. The molecule has 1 aromatic heterocycles. The summed E-state index contributed by atoms with van der Waals surface area (Å²) in [4.78, 5) is 4.41. The van der Waals surface area contributed by atoms with Crippen LogP contribution >= 0.6 is 23.2 Å². The fraction of sp³-hybridized carbons (Fsp3) is 0.615. The normalized spacial score (nSPS) is 22.5. The molecule has 2 heterocycles.